The average Bonchev–Trinajstić information content (AvgIpc) is 3.42. The Labute approximate surface area is 247 Å². The highest BCUT2D eigenvalue weighted by atomic mass is 16.3. The molecular weight excluding hydrogens is 510 g/mol. The summed E-state index contributed by atoms with van der Waals surface area (Å²) >= 11 is 0. The minimum Gasteiger partial charge on any atom is -0.455 e. The molecule has 0 bridgehead atoms. The Kier molecular flexibility index (Phi) is 5.80. The van der Waals surface area contributed by atoms with Crippen molar-refractivity contribution in [3.05, 3.63) is 150 Å². The maximum absolute atomic E-state index is 6.97. The van der Waals surface area contributed by atoms with Gasteiger partial charge in [0.05, 0.1) is 6.04 Å². The summed E-state index contributed by atoms with van der Waals surface area (Å²) in [7, 11) is 0. The van der Waals surface area contributed by atoms with Crippen LogP contribution in [0.4, 0.5) is 0 Å². The molecule has 0 amide bonds. The number of para-hydroxylation sites is 1. The van der Waals surface area contributed by atoms with Crippen molar-refractivity contribution < 1.29 is 4.42 Å². The fourth-order valence-corrected chi connectivity index (χ4v) is 7.13. The summed E-state index contributed by atoms with van der Waals surface area (Å²) in [6.07, 6.45) is 3.43. The van der Waals surface area contributed by atoms with Crippen LogP contribution in [0.1, 0.15) is 48.6 Å². The molecule has 1 aromatic heterocycles. The van der Waals surface area contributed by atoms with Crippen LogP contribution in [0.3, 0.4) is 0 Å². The maximum atomic E-state index is 6.97. The highest BCUT2D eigenvalue weighted by molar-refractivity contribution is 6.08. The normalized spacial score (nSPS) is 17.1. The molecule has 8 rings (SSSR count). The molecule has 2 heteroatoms. The second-order valence-corrected chi connectivity index (χ2v) is 12.1. The molecule has 42 heavy (non-hydrogen) atoms. The Hall–Kier alpha value is -4.66. The lowest BCUT2D eigenvalue weighted by atomic mass is 9.75. The van der Waals surface area contributed by atoms with E-state index >= 15 is 0 Å². The Balaban J connectivity index is 1.29. The fourth-order valence-electron chi connectivity index (χ4n) is 7.13. The maximum Gasteiger partial charge on any atom is 0.143 e. The Morgan fingerprint density at radius 1 is 0.667 bits per heavy atom. The van der Waals surface area contributed by atoms with E-state index in [9.17, 15) is 0 Å². The summed E-state index contributed by atoms with van der Waals surface area (Å²) < 4.78 is 6.97. The summed E-state index contributed by atoms with van der Waals surface area (Å²) in [5, 5.41) is 4.89. The number of hydrogen-bond donors (Lipinski definition) is 1. The lowest BCUT2D eigenvalue weighted by molar-refractivity contribution is 0.608. The predicted octanol–water partition coefficient (Wildman–Crippen LogP) is 10.2. The molecule has 1 unspecified atom stereocenters. The first kappa shape index (κ1) is 25.1. The van der Waals surface area contributed by atoms with E-state index in [1.165, 1.54) is 50.1 Å². The first-order valence-electron chi connectivity index (χ1n) is 14.9. The van der Waals surface area contributed by atoms with Gasteiger partial charge in [-0.15, -0.1) is 0 Å². The Morgan fingerprint density at radius 2 is 1.33 bits per heavy atom. The van der Waals surface area contributed by atoms with E-state index < -0.39 is 0 Å². The first-order valence-corrected chi connectivity index (χ1v) is 14.9. The standard InChI is InChI=1S/C40H33NO/c1-40(2)34-20-8-6-16-31(34)37-33-19-11-18-30(38(33)42-39(37)32-17-7-9-21-35(32)40)28-14-10-15-29(24-28)36-25-27(22-23-41-36)26-12-4-3-5-13-26/h3-21,24-25,36,41H,22-23H2,1-2H3. The third-order valence-electron chi connectivity index (χ3n) is 9.26. The predicted molar refractivity (Wildman–Crippen MR) is 174 cm³/mol. The van der Waals surface area contributed by atoms with Crippen molar-refractivity contribution in [3.8, 4) is 33.6 Å². The summed E-state index contributed by atoms with van der Waals surface area (Å²) in [6, 6.07) is 44.1. The fraction of sp³-hybridized carbons (Fsp3) is 0.150. The topological polar surface area (TPSA) is 25.2 Å². The van der Waals surface area contributed by atoms with Crippen LogP contribution < -0.4 is 5.32 Å². The van der Waals surface area contributed by atoms with Crippen molar-refractivity contribution in [3.63, 3.8) is 0 Å². The van der Waals surface area contributed by atoms with E-state index in [0.29, 0.717) is 0 Å². The molecule has 6 aromatic rings. The van der Waals surface area contributed by atoms with Gasteiger partial charge >= 0.3 is 0 Å². The smallest absolute Gasteiger partial charge is 0.143 e. The van der Waals surface area contributed by atoms with Gasteiger partial charge in [-0.1, -0.05) is 135 Å². The number of nitrogens with one attached hydrogen (secondary N) is 1. The summed E-state index contributed by atoms with van der Waals surface area (Å²) in [4.78, 5) is 0. The van der Waals surface area contributed by atoms with Crippen LogP contribution in [-0.4, -0.2) is 6.54 Å². The second-order valence-electron chi connectivity index (χ2n) is 12.1. The third kappa shape index (κ3) is 3.90. The molecule has 0 spiro atoms. The molecule has 1 N–H and O–H groups in total. The molecule has 2 aliphatic rings. The molecule has 1 aliphatic heterocycles. The zero-order valence-corrected chi connectivity index (χ0v) is 24.0. The SMILES string of the molecule is CC1(C)c2ccccc2-c2oc3c(-c4cccc(C5C=C(c6ccccc6)CCN5)c4)cccc3c2-c2ccccc21. The van der Waals surface area contributed by atoms with Gasteiger partial charge in [-0.3, -0.25) is 0 Å². The van der Waals surface area contributed by atoms with Gasteiger partial charge in [0, 0.05) is 34.0 Å². The number of hydrogen-bond acceptors (Lipinski definition) is 2. The lowest BCUT2D eigenvalue weighted by Gasteiger charge is -2.28. The van der Waals surface area contributed by atoms with Crippen molar-refractivity contribution in [1.82, 2.24) is 5.32 Å². The molecule has 0 saturated carbocycles. The average molecular weight is 544 g/mol. The van der Waals surface area contributed by atoms with Crippen molar-refractivity contribution in [1.29, 1.82) is 0 Å². The molecule has 0 saturated heterocycles. The van der Waals surface area contributed by atoms with E-state index in [0.717, 1.165) is 35.3 Å². The molecule has 1 aliphatic carbocycles. The molecular formula is C40H33NO. The largest absolute Gasteiger partial charge is 0.455 e. The van der Waals surface area contributed by atoms with Gasteiger partial charge in [-0.05, 0) is 51.4 Å². The number of benzene rings is 5. The van der Waals surface area contributed by atoms with Crippen LogP contribution in [-0.2, 0) is 5.41 Å². The monoisotopic (exact) mass is 543 g/mol. The molecule has 2 heterocycles. The van der Waals surface area contributed by atoms with E-state index in [4.69, 9.17) is 4.42 Å². The van der Waals surface area contributed by atoms with Crippen LogP contribution in [0.2, 0.25) is 0 Å². The summed E-state index contributed by atoms with van der Waals surface area (Å²) in [5.74, 6) is 0.964. The van der Waals surface area contributed by atoms with Crippen LogP contribution in [0.5, 0.6) is 0 Å². The molecule has 5 aromatic carbocycles. The molecule has 0 fully saturated rings. The zero-order chi connectivity index (χ0) is 28.3. The van der Waals surface area contributed by atoms with Gasteiger partial charge in [0.15, 0.2) is 0 Å². The van der Waals surface area contributed by atoms with Gasteiger partial charge in [0.25, 0.3) is 0 Å². The Bertz CT molecular complexity index is 1990. The minimum absolute atomic E-state index is 0.147. The summed E-state index contributed by atoms with van der Waals surface area (Å²) in [6.45, 7) is 5.62. The molecule has 0 radical (unpaired) electrons. The highest BCUT2D eigenvalue weighted by Gasteiger charge is 2.35. The van der Waals surface area contributed by atoms with Gasteiger partial charge in [0.2, 0.25) is 0 Å². The number of rotatable bonds is 3. The second kappa shape index (κ2) is 9.72. The van der Waals surface area contributed by atoms with Gasteiger partial charge in [-0.2, -0.15) is 0 Å². The lowest BCUT2D eigenvalue weighted by Crippen LogP contribution is -2.25. The molecule has 2 nitrogen and oxygen atoms in total. The van der Waals surface area contributed by atoms with Crippen LogP contribution >= 0.6 is 0 Å². The van der Waals surface area contributed by atoms with Crippen molar-refractivity contribution in [2.45, 2.75) is 31.7 Å². The Morgan fingerprint density at radius 3 is 2.17 bits per heavy atom. The van der Waals surface area contributed by atoms with Crippen LogP contribution in [0.25, 0.3) is 50.1 Å². The van der Waals surface area contributed by atoms with Crippen molar-refractivity contribution in [2.75, 3.05) is 6.54 Å². The van der Waals surface area contributed by atoms with Gasteiger partial charge < -0.3 is 9.73 Å². The molecule has 1 atom stereocenters. The van der Waals surface area contributed by atoms with Gasteiger partial charge in [-0.25, -0.2) is 0 Å². The van der Waals surface area contributed by atoms with E-state index in [1.807, 2.05) is 0 Å². The molecule has 204 valence electrons. The van der Waals surface area contributed by atoms with E-state index in [-0.39, 0.29) is 11.5 Å². The minimum atomic E-state index is -0.147. The quantitative estimate of drug-likeness (QED) is 0.240. The highest BCUT2D eigenvalue weighted by Crippen LogP contribution is 2.52. The zero-order valence-electron chi connectivity index (χ0n) is 24.0. The van der Waals surface area contributed by atoms with Crippen LogP contribution in [0.15, 0.2) is 132 Å². The van der Waals surface area contributed by atoms with Crippen LogP contribution in [0, 0.1) is 0 Å². The van der Waals surface area contributed by atoms with E-state index in [2.05, 4.69) is 147 Å². The van der Waals surface area contributed by atoms with Gasteiger partial charge in [0.1, 0.15) is 11.3 Å². The van der Waals surface area contributed by atoms with Crippen molar-refractivity contribution in [2.24, 2.45) is 0 Å². The first-order chi connectivity index (χ1) is 20.6. The summed E-state index contributed by atoms with van der Waals surface area (Å²) in [5.41, 5.74) is 13.3. The number of fused-ring (bicyclic) bond motifs is 7. The van der Waals surface area contributed by atoms with E-state index in [1.54, 1.807) is 0 Å². The number of furan rings is 1. The van der Waals surface area contributed by atoms with Crippen molar-refractivity contribution >= 4 is 16.5 Å². The third-order valence-corrected chi connectivity index (χ3v) is 9.26.